The van der Waals surface area contributed by atoms with Gasteiger partial charge in [-0.1, -0.05) is 0 Å². The van der Waals surface area contributed by atoms with Crippen molar-refractivity contribution in [3.8, 4) is 11.5 Å². The van der Waals surface area contributed by atoms with Gasteiger partial charge in [0.05, 0.1) is 26.0 Å². The molecule has 1 N–H and O–H groups in total. The van der Waals surface area contributed by atoms with Gasteiger partial charge >= 0.3 is 0 Å². The number of ether oxygens (including phenoxy) is 2. The third-order valence-corrected chi connectivity index (χ3v) is 4.63. The van der Waals surface area contributed by atoms with Gasteiger partial charge in [-0.25, -0.2) is 0 Å². The summed E-state index contributed by atoms with van der Waals surface area (Å²) in [6.45, 7) is 2.64. The molecule has 1 aromatic heterocycles. The molecule has 1 amide bonds. The Morgan fingerprint density at radius 1 is 1.27 bits per heavy atom. The normalized spacial score (nSPS) is 17.7. The average molecular weight is 358 g/mol. The number of rotatable bonds is 6. The van der Waals surface area contributed by atoms with E-state index >= 15 is 0 Å². The largest absolute Gasteiger partial charge is 0.497 e. The smallest absolute Gasteiger partial charge is 0.254 e. The van der Waals surface area contributed by atoms with Crippen LogP contribution in [-0.4, -0.2) is 53.9 Å². The molecule has 7 heteroatoms. The first-order valence-electron chi connectivity index (χ1n) is 8.81. The van der Waals surface area contributed by atoms with Crippen LogP contribution in [0.3, 0.4) is 0 Å². The fourth-order valence-corrected chi connectivity index (χ4v) is 3.34. The van der Waals surface area contributed by atoms with E-state index in [0.29, 0.717) is 5.56 Å². The van der Waals surface area contributed by atoms with Crippen molar-refractivity contribution in [1.29, 1.82) is 0 Å². The molecule has 1 aliphatic rings. The maximum absolute atomic E-state index is 12.3. The predicted molar refractivity (Wildman–Crippen MR) is 98.5 cm³/mol. The van der Waals surface area contributed by atoms with Crippen LogP contribution in [0.1, 0.15) is 28.8 Å². The molecule has 2 heterocycles. The molecule has 26 heavy (non-hydrogen) atoms. The quantitative estimate of drug-likeness (QED) is 0.853. The highest BCUT2D eigenvalue weighted by Gasteiger charge is 2.22. The molecule has 140 valence electrons. The summed E-state index contributed by atoms with van der Waals surface area (Å²) in [6, 6.07) is 6.07. The van der Waals surface area contributed by atoms with Gasteiger partial charge in [-0.2, -0.15) is 5.10 Å². The van der Waals surface area contributed by atoms with Gasteiger partial charge in [-0.15, -0.1) is 0 Å². The Morgan fingerprint density at radius 3 is 2.62 bits per heavy atom. The first-order chi connectivity index (χ1) is 12.6. The van der Waals surface area contributed by atoms with Gasteiger partial charge in [0.1, 0.15) is 11.5 Å². The summed E-state index contributed by atoms with van der Waals surface area (Å²) >= 11 is 0. The van der Waals surface area contributed by atoms with E-state index in [1.54, 1.807) is 31.3 Å². The lowest BCUT2D eigenvalue weighted by Gasteiger charge is -2.33. The average Bonchev–Trinajstić information content (AvgIpc) is 3.08. The Bertz CT molecular complexity index is 737. The highest BCUT2D eigenvalue weighted by atomic mass is 16.5. The number of hydrogen-bond donors (Lipinski definition) is 1. The number of likely N-dealkylation sites (tertiary alicyclic amines) is 1. The molecule has 1 atom stereocenters. The molecule has 1 aliphatic heterocycles. The van der Waals surface area contributed by atoms with Crippen molar-refractivity contribution in [2.45, 2.75) is 25.4 Å². The van der Waals surface area contributed by atoms with Gasteiger partial charge in [0, 0.05) is 38.4 Å². The molecule has 7 nitrogen and oxygen atoms in total. The molecule has 1 unspecified atom stereocenters. The van der Waals surface area contributed by atoms with Crippen LogP contribution in [0.15, 0.2) is 30.6 Å². The number of carbonyl (C=O) groups excluding carboxylic acids is 1. The Hall–Kier alpha value is -2.54. The van der Waals surface area contributed by atoms with E-state index in [2.05, 4.69) is 15.3 Å². The van der Waals surface area contributed by atoms with Crippen LogP contribution in [0.4, 0.5) is 0 Å². The van der Waals surface area contributed by atoms with E-state index in [9.17, 15) is 4.79 Å². The zero-order valence-corrected chi connectivity index (χ0v) is 15.6. The van der Waals surface area contributed by atoms with Crippen LogP contribution < -0.4 is 14.8 Å². The summed E-state index contributed by atoms with van der Waals surface area (Å²) < 4.78 is 12.3. The molecular formula is C19H26N4O3. The van der Waals surface area contributed by atoms with Crippen molar-refractivity contribution in [3.05, 3.63) is 41.7 Å². The zero-order valence-electron chi connectivity index (χ0n) is 15.6. The fraction of sp³-hybridized carbons (Fsp3) is 0.474. The van der Waals surface area contributed by atoms with Gasteiger partial charge in [-0.05, 0) is 37.1 Å². The van der Waals surface area contributed by atoms with Crippen molar-refractivity contribution >= 4 is 5.91 Å². The molecule has 0 bridgehead atoms. The van der Waals surface area contributed by atoms with E-state index in [1.807, 2.05) is 25.2 Å². The number of amides is 1. The van der Waals surface area contributed by atoms with Crippen LogP contribution >= 0.6 is 0 Å². The van der Waals surface area contributed by atoms with Crippen molar-refractivity contribution in [2.24, 2.45) is 7.05 Å². The second kappa shape index (κ2) is 8.23. The van der Waals surface area contributed by atoms with E-state index in [-0.39, 0.29) is 11.9 Å². The Balaban J connectivity index is 1.61. The summed E-state index contributed by atoms with van der Waals surface area (Å²) in [5, 5.41) is 7.18. The Labute approximate surface area is 153 Å². The molecule has 1 saturated heterocycles. The molecule has 2 aromatic rings. The minimum Gasteiger partial charge on any atom is -0.497 e. The van der Waals surface area contributed by atoms with E-state index < -0.39 is 0 Å². The topological polar surface area (TPSA) is 68.6 Å². The second-order valence-corrected chi connectivity index (χ2v) is 6.67. The molecule has 0 aliphatic carbocycles. The van der Waals surface area contributed by atoms with E-state index in [1.165, 1.54) is 0 Å². The molecule has 1 aromatic carbocycles. The molecule has 1 fully saturated rings. The van der Waals surface area contributed by atoms with Crippen molar-refractivity contribution in [1.82, 2.24) is 20.0 Å². The van der Waals surface area contributed by atoms with Gasteiger partial charge in [0.25, 0.3) is 5.91 Å². The monoisotopic (exact) mass is 358 g/mol. The van der Waals surface area contributed by atoms with Crippen molar-refractivity contribution in [3.63, 3.8) is 0 Å². The van der Waals surface area contributed by atoms with E-state index in [4.69, 9.17) is 9.47 Å². The lowest BCUT2D eigenvalue weighted by Crippen LogP contribution is -2.47. The number of carbonyl (C=O) groups is 1. The minimum absolute atomic E-state index is 0.0620. The summed E-state index contributed by atoms with van der Waals surface area (Å²) in [7, 11) is 5.12. The maximum atomic E-state index is 12.3. The number of methoxy groups -OCH3 is 2. The number of piperidine rings is 1. The lowest BCUT2D eigenvalue weighted by molar-refractivity contribution is 0.0900. The number of nitrogens with zero attached hydrogens (tertiary/aromatic N) is 3. The first-order valence-corrected chi connectivity index (χ1v) is 8.81. The summed E-state index contributed by atoms with van der Waals surface area (Å²) in [5.41, 5.74) is 1.74. The standard InChI is InChI=1S/C19H26N4O3/c1-22-12-15(10-20-22)19(24)21-16-5-4-6-23(13-16)11-14-7-17(25-2)9-18(8-14)26-3/h7-10,12,16H,4-6,11,13H2,1-3H3,(H,21,24). The summed E-state index contributed by atoms with van der Waals surface area (Å²) in [4.78, 5) is 14.7. The van der Waals surface area contributed by atoms with Crippen LogP contribution in [0.2, 0.25) is 0 Å². The number of benzene rings is 1. The molecular weight excluding hydrogens is 332 g/mol. The number of nitrogens with one attached hydrogen (secondary N) is 1. The highest BCUT2D eigenvalue weighted by molar-refractivity contribution is 5.93. The molecule has 3 rings (SSSR count). The second-order valence-electron chi connectivity index (χ2n) is 6.67. The fourth-order valence-electron chi connectivity index (χ4n) is 3.34. The lowest BCUT2D eigenvalue weighted by atomic mass is 10.0. The van der Waals surface area contributed by atoms with Crippen LogP contribution in [-0.2, 0) is 13.6 Å². The van der Waals surface area contributed by atoms with Crippen LogP contribution in [0.25, 0.3) is 0 Å². The van der Waals surface area contributed by atoms with Crippen molar-refractivity contribution in [2.75, 3.05) is 27.3 Å². The van der Waals surface area contributed by atoms with E-state index in [0.717, 1.165) is 49.5 Å². The van der Waals surface area contributed by atoms with Crippen LogP contribution in [0.5, 0.6) is 11.5 Å². The minimum atomic E-state index is -0.0620. The number of hydrogen-bond acceptors (Lipinski definition) is 5. The predicted octanol–water partition coefficient (Wildman–Crippen LogP) is 1.83. The summed E-state index contributed by atoms with van der Waals surface area (Å²) in [6.07, 6.45) is 5.37. The van der Waals surface area contributed by atoms with Crippen LogP contribution in [0, 0.1) is 0 Å². The third-order valence-electron chi connectivity index (χ3n) is 4.63. The van der Waals surface area contributed by atoms with Gasteiger partial charge in [-0.3, -0.25) is 14.4 Å². The van der Waals surface area contributed by atoms with Gasteiger partial charge in [0.2, 0.25) is 0 Å². The maximum Gasteiger partial charge on any atom is 0.254 e. The van der Waals surface area contributed by atoms with Gasteiger partial charge in [0.15, 0.2) is 0 Å². The Morgan fingerprint density at radius 2 is 2.00 bits per heavy atom. The third kappa shape index (κ3) is 4.54. The van der Waals surface area contributed by atoms with Crippen molar-refractivity contribution < 1.29 is 14.3 Å². The number of aromatic nitrogens is 2. The highest BCUT2D eigenvalue weighted by Crippen LogP contribution is 2.24. The number of aryl methyl sites for hydroxylation is 1. The Kier molecular flexibility index (Phi) is 5.78. The zero-order chi connectivity index (χ0) is 18.5. The molecule has 0 radical (unpaired) electrons. The molecule has 0 spiro atoms. The SMILES string of the molecule is COc1cc(CN2CCCC(NC(=O)c3cnn(C)c3)C2)cc(OC)c1. The van der Waals surface area contributed by atoms with Gasteiger partial charge < -0.3 is 14.8 Å². The summed E-state index contributed by atoms with van der Waals surface area (Å²) in [5.74, 6) is 1.52. The molecule has 0 saturated carbocycles. The first kappa shape index (κ1) is 18.3.